The predicted octanol–water partition coefficient (Wildman–Crippen LogP) is 3.53. The van der Waals surface area contributed by atoms with Crippen molar-refractivity contribution in [2.24, 2.45) is 4.99 Å². The SMILES string of the molecule is CCNC(=NCc1cnn(Cc2ccccc2)c1)Nc1ccc(OC)c(OC)c1. The van der Waals surface area contributed by atoms with Crippen LogP contribution >= 0.6 is 0 Å². The predicted molar refractivity (Wildman–Crippen MR) is 116 cm³/mol. The number of guanidine groups is 1. The van der Waals surface area contributed by atoms with E-state index in [1.54, 1.807) is 14.2 Å². The van der Waals surface area contributed by atoms with Gasteiger partial charge in [0.15, 0.2) is 17.5 Å². The number of aromatic nitrogens is 2. The normalized spacial score (nSPS) is 11.2. The third-order valence-electron chi connectivity index (χ3n) is 4.28. The van der Waals surface area contributed by atoms with E-state index in [4.69, 9.17) is 9.47 Å². The maximum atomic E-state index is 5.36. The minimum Gasteiger partial charge on any atom is -0.493 e. The molecule has 0 atom stereocenters. The summed E-state index contributed by atoms with van der Waals surface area (Å²) >= 11 is 0. The fourth-order valence-corrected chi connectivity index (χ4v) is 2.87. The average Bonchev–Trinajstić information content (AvgIpc) is 3.20. The summed E-state index contributed by atoms with van der Waals surface area (Å²) in [4.78, 5) is 4.67. The monoisotopic (exact) mass is 393 g/mol. The summed E-state index contributed by atoms with van der Waals surface area (Å²) < 4.78 is 12.6. The number of aliphatic imine (C=N–C) groups is 1. The maximum Gasteiger partial charge on any atom is 0.196 e. The molecule has 7 nitrogen and oxygen atoms in total. The molecule has 152 valence electrons. The number of anilines is 1. The van der Waals surface area contributed by atoms with E-state index in [0.717, 1.165) is 24.3 Å². The van der Waals surface area contributed by atoms with Gasteiger partial charge in [-0.15, -0.1) is 0 Å². The van der Waals surface area contributed by atoms with Crippen LogP contribution in [0.2, 0.25) is 0 Å². The van der Waals surface area contributed by atoms with Crippen molar-refractivity contribution in [1.29, 1.82) is 0 Å². The third-order valence-corrected chi connectivity index (χ3v) is 4.28. The van der Waals surface area contributed by atoms with Gasteiger partial charge in [0.2, 0.25) is 0 Å². The van der Waals surface area contributed by atoms with Gasteiger partial charge in [-0.25, -0.2) is 4.99 Å². The number of ether oxygens (including phenoxy) is 2. The Morgan fingerprint density at radius 3 is 2.55 bits per heavy atom. The molecule has 2 N–H and O–H groups in total. The zero-order valence-corrected chi connectivity index (χ0v) is 17.1. The zero-order chi connectivity index (χ0) is 20.5. The van der Waals surface area contributed by atoms with Crippen LogP contribution in [0.3, 0.4) is 0 Å². The maximum absolute atomic E-state index is 5.36. The Kier molecular flexibility index (Phi) is 7.10. The lowest BCUT2D eigenvalue weighted by atomic mass is 10.2. The number of hydrogen-bond donors (Lipinski definition) is 2. The molecule has 0 aliphatic heterocycles. The van der Waals surface area contributed by atoms with Crippen molar-refractivity contribution in [2.45, 2.75) is 20.0 Å². The number of benzene rings is 2. The van der Waals surface area contributed by atoms with Crippen LogP contribution in [0.4, 0.5) is 5.69 Å². The molecule has 3 rings (SSSR count). The van der Waals surface area contributed by atoms with Gasteiger partial charge in [-0.1, -0.05) is 30.3 Å². The first-order chi connectivity index (χ1) is 14.2. The van der Waals surface area contributed by atoms with Gasteiger partial charge < -0.3 is 20.1 Å². The van der Waals surface area contributed by atoms with Crippen molar-refractivity contribution < 1.29 is 9.47 Å². The van der Waals surface area contributed by atoms with E-state index in [9.17, 15) is 0 Å². The Morgan fingerprint density at radius 2 is 1.83 bits per heavy atom. The molecule has 1 heterocycles. The smallest absolute Gasteiger partial charge is 0.196 e. The Labute approximate surface area is 171 Å². The van der Waals surface area contributed by atoms with Crippen LogP contribution in [0.15, 0.2) is 65.9 Å². The largest absolute Gasteiger partial charge is 0.493 e. The average molecular weight is 393 g/mol. The molecule has 0 spiro atoms. The molecule has 29 heavy (non-hydrogen) atoms. The van der Waals surface area contributed by atoms with Gasteiger partial charge in [0, 0.05) is 30.1 Å². The van der Waals surface area contributed by atoms with Crippen LogP contribution in [0, 0.1) is 0 Å². The second-order valence-corrected chi connectivity index (χ2v) is 6.42. The molecule has 0 fully saturated rings. The molecule has 0 aliphatic rings. The summed E-state index contributed by atoms with van der Waals surface area (Å²) in [6, 6.07) is 15.9. The summed E-state index contributed by atoms with van der Waals surface area (Å²) in [6.45, 7) is 4.06. The van der Waals surface area contributed by atoms with Gasteiger partial charge in [0.1, 0.15) is 0 Å². The van der Waals surface area contributed by atoms with Crippen molar-refractivity contribution in [3.63, 3.8) is 0 Å². The molecule has 0 radical (unpaired) electrons. The lowest BCUT2D eigenvalue weighted by Gasteiger charge is -2.13. The molecule has 7 heteroatoms. The second kappa shape index (κ2) is 10.2. The van der Waals surface area contributed by atoms with E-state index in [-0.39, 0.29) is 0 Å². The molecule has 0 amide bonds. The van der Waals surface area contributed by atoms with E-state index >= 15 is 0 Å². The van der Waals surface area contributed by atoms with Gasteiger partial charge in [-0.05, 0) is 24.6 Å². The van der Waals surface area contributed by atoms with Gasteiger partial charge in [-0.3, -0.25) is 4.68 Å². The third kappa shape index (κ3) is 5.75. The fraction of sp³-hybridized carbons (Fsp3) is 0.273. The highest BCUT2D eigenvalue weighted by molar-refractivity contribution is 5.93. The van der Waals surface area contributed by atoms with E-state index in [1.165, 1.54) is 5.56 Å². The minimum atomic E-state index is 0.525. The summed E-state index contributed by atoms with van der Waals surface area (Å²) in [5.41, 5.74) is 3.13. The minimum absolute atomic E-state index is 0.525. The quantitative estimate of drug-likeness (QED) is 0.452. The molecule has 1 aromatic heterocycles. The summed E-state index contributed by atoms with van der Waals surface area (Å²) in [5.74, 6) is 2.04. The van der Waals surface area contributed by atoms with E-state index < -0.39 is 0 Å². The molecule has 0 aliphatic carbocycles. The first kappa shape index (κ1) is 20.3. The fourth-order valence-electron chi connectivity index (χ4n) is 2.87. The van der Waals surface area contributed by atoms with Gasteiger partial charge in [0.05, 0.1) is 33.5 Å². The van der Waals surface area contributed by atoms with E-state index in [1.807, 2.05) is 60.4 Å². The molecule has 0 saturated heterocycles. The van der Waals surface area contributed by atoms with Crippen LogP contribution in [-0.2, 0) is 13.1 Å². The number of rotatable bonds is 8. The van der Waals surface area contributed by atoms with Crippen LogP contribution < -0.4 is 20.1 Å². The summed E-state index contributed by atoms with van der Waals surface area (Å²) in [5, 5.41) is 11.0. The number of nitrogens with one attached hydrogen (secondary N) is 2. The van der Waals surface area contributed by atoms with Crippen molar-refractivity contribution in [3.05, 3.63) is 72.1 Å². The highest BCUT2D eigenvalue weighted by Gasteiger charge is 2.07. The van der Waals surface area contributed by atoms with Gasteiger partial charge in [-0.2, -0.15) is 5.10 Å². The van der Waals surface area contributed by atoms with Gasteiger partial charge in [0.25, 0.3) is 0 Å². The summed E-state index contributed by atoms with van der Waals surface area (Å²) in [6.07, 6.45) is 3.88. The lowest BCUT2D eigenvalue weighted by molar-refractivity contribution is 0.355. The Hall–Kier alpha value is -3.48. The standard InChI is InChI=1S/C22H27N5O2/c1-4-23-22(26-19-10-11-20(28-2)21(12-19)29-3)24-13-18-14-25-27(16-18)15-17-8-6-5-7-9-17/h5-12,14,16H,4,13,15H2,1-3H3,(H2,23,24,26). The highest BCUT2D eigenvalue weighted by Crippen LogP contribution is 2.29. The molecule has 3 aromatic rings. The Balaban J connectivity index is 1.66. The van der Waals surface area contributed by atoms with Crippen molar-refractivity contribution in [3.8, 4) is 11.5 Å². The summed E-state index contributed by atoms with van der Waals surface area (Å²) in [7, 11) is 3.24. The lowest BCUT2D eigenvalue weighted by Crippen LogP contribution is -2.30. The van der Waals surface area contributed by atoms with Gasteiger partial charge >= 0.3 is 0 Å². The van der Waals surface area contributed by atoms with Crippen molar-refractivity contribution in [1.82, 2.24) is 15.1 Å². The second-order valence-electron chi connectivity index (χ2n) is 6.42. The van der Waals surface area contributed by atoms with Crippen LogP contribution in [0.5, 0.6) is 11.5 Å². The van der Waals surface area contributed by atoms with E-state index in [2.05, 4.69) is 32.9 Å². The number of nitrogens with zero attached hydrogens (tertiary/aromatic N) is 3. The van der Waals surface area contributed by atoms with E-state index in [0.29, 0.717) is 24.0 Å². The molecule has 2 aromatic carbocycles. The number of methoxy groups -OCH3 is 2. The van der Waals surface area contributed by atoms with Crippen molar-refractivity contribution >= 4 is 11.6 Å². The Morgan fingerprint density at radius 1 is 1.03 bits per heavy atom. The first-order valence-corrected chi connectivity index (χ1v) is 9.54. The van der Waals surface area contributed by atoms with Crippen LogP contribution in [0.1, 0.15) is 18.1 Å². The van der Waals surface area contributed by atoms with Crippen LogP contribution in [0.25, 0.3) is 0 Å². The van der Waals surface area contributed by atoms with Crippen LogP contribution in [-0.4, -0.2) is 36.5 Å². The molecule has 0 bridgehead atoms. The van der Waals surface area contributed by atoms with Crippen molar-refractivity contribution in [2.75, 3.05) is 26.1 Å². The molecular formula is C22H27N5O2. The molecular weight excluding hydrogens is 366 g/mol. The first-order valence-electron chi connectivity index (χ1n) is 9.54. The zero-order valence-electron chi connectivity index (χ0n) is 17.1. The molecule has 0 unspecified atom stereocenters. The molecule has 0 saturated carbocycles. The number of hydrogen-bond acceptors (Lipinski definition) is 4. The topological polar surface area (TPSA) is 72.7 Å². The Bertz CT molecular complexity index is 937. The highest BCUT2D eigenvalue weighted by atomic mass is 16.5.